The van der Waals surface area contributed by atoms with Crippen LogP contribution >= 0.6 is 11.8 Å². The third-order valence-corrected chi connectivity index (χ3v) is 4.56. The molecule has 3 rings (SSSR count). The number of thioether (sulfide) groups is 1. The van der Waals surface area contributed by atoms with Gasteiger partial charge in [-0.25, -0.2) is 4.39 Å². The third kappa shape index (κ3) is 4.60. The van der Waals surface area contributed by atoms with Gasteiger partial charge in [0.15, 0.2) is 0 Å². The number of benzene rings is 2. The van der Waals surface area contributed by atoms with E-state index in [0.29, 0.717) is 0 Å². The molecule has 7 heteroatoms. The Kier molecular flexibility index (Phi) is 5.35. The van der Waals surface area contributed by atoms with E-state index in [2.05, 4.69) is 15.8 Å². The van der Waals surface area contributed by atoms with Crippen LogP contribution in [0.4, 0.5) is 4.39 Å². The highest BCUT2D eigenvalue weighted by Gasteiger charge is 2.10. The number of aromatic amines is 1. The molecule has 0 radical (unpaired) electrons. The summed E-state index contributed by atoms with van der Waals surface area (Å²) < 4.78 is 12.8. The van der Waals surface area contributed by atoms with E-state index in [1.807, 2.05) is 24.3 Å². The molecule has 0 saturated carbocycles. The van der Waals surface area contributed by atoms with Gasteiger partial charge in [-0.1, -0.05) is 18.2 Å². The Balaban J connectivity index is 1.45. The van der Waals surface area contributed by atoms with E-state index in [-0.39, 0.29) is 29.8 Å². The number of hydrazine groups is 1. The van der Waals surface area contributed by atoms with Crippen molar-refractivity contribution in [1.82, 2.24) is 15.8 Å². The molecule has 0 fully saturated rings. The van der Waals surface area contributed by atoms with E-state index in [0.717, 1.165) is 21.4 Å². The summed E-state index contributed by atoms with van der Waals surface area (Å²) in [6.45, 7) is 0. The highest BCUT2D eigenvalue weighted by molar-refractivity contribution is 8.00. The molecule has 2 aromatic carbocycles. The number of amides is 2. The van der Waals surface area contributed by atoms with Gasteiger partial charge in [0.2, 0.25) is 11.8 Å². The summed E-state index contributed by atoms with van der Waals surface area (Å²) in [5.41, 5.74) is 6.61. The molecule has 3 aromatic rings. The lowest BCUT2D eigenvalue weighted by Crippen LogP contribution is -2.43. The molecule has 0 atom stereocenters. The van der Waals surface area contributed by atoms with Crippen molar-refractivity contribution in [2.75, 3.05) is 5.75 Å². The monoisotopic (exact) mass is 357 g/mol. The highest BCUT2D eigenvalue weighted by atomic mass is 32.2. The smallest absolute Gasteiger partial charge is 0.248 e. The van der Waals surface area contributed by atoms with E-state index in [4.69, 9.17) is 0 Å². The molecule has 0 spiro atoms. The second-order valence-corrected chi connectivity index (χ2v) is 6.42. The van der Waals surface area contributed by atoms with Crippen molar-refractivity contribution >= 4 is 34.5 Å². The number of carbonyl (C=O) groups excluding carboxylic acids is 2. The SMILES string of the molecule is O=C(CSc1ccc(F)cc1)NNC(=O)Cc1c[nH]c2ccccc12. The zero-order valence-corrected chi connectivity index (χ0v) is 14.0. The number of aromatic nitrogens is 1. The maximum absolute atomic E-state index is 12.8. The first kappa shape index (κ1) is 17.0. The van der Waals surface area contributed by atoms with Crippen molar-refractivity contribution in [3.8, 4) is 0 Å². The molecule has 0 aliphatic heterocycles. The Bertz CT molecular complexity index is 893. The second-order valence-electron chi connectivity index (χ2n) is 5.38. The predicted octanol–water partition coefficient (Wildman–Crippen LogP) is 2.79. The first-order valence-electron chi connectivity index (χ1n) is 7.63. The number of rotatable bonds is 5. The molecule has 1 heterocycles. The van der Waals surface area contributed by atoms with Crippen LogP contribution in [0.25, 0.3) is 10.9 Å². The Labute approximate surface area is 148 Å². The number of nitrogens with one attached hydrogen (secondary N) is 3. The fraction of sp³-hybridized carbons (Fsp3) is 0.111. The van der Waals surface area contributed by atoms with Gasteiger partial charge >= 0.3 is 0 Å². The summed E-state index contributed by atoms with van der Waals surface area (Å²) in [7, 11) is 0. The molecule has 3 N–H and O–H groups in total. The van der Waals surface area contributed by atoms with Gasteiger partial charge in [0.25, 0.3) is 0 Å². The van der Waals surface area contributed by atoms with Crippen LogP contribution in [0.1, 0.15) is 5.56 Å². The first-order valence-corrected chi connectivity index (χ1v) is 8.61. The standard InChI is InChI=1S/C18H16FN3O2S/c19-13-5-7-14(8-6-13)25-11-18(24)22-21-17(23)9-12-10-20-16-4-2-1-3-15(12)16/h1-8,10,20H,9,11H2,(H,21,23)(H,22,24). The summed E-state index contributed by atoms with van der Waals surface area (Å²) in [5, 5.41) is 0.982. The van der Waals surface area contributed by atoms with Crippen molar-refractivity contribution in [2.45, 2.75) is 11.3 Å². The zero-order valence-electron chi connectivity index (χ0n) is 13.2. The van der Waals surface area contributed by atoms with Crippen molar-refractivity contribution in [2.24, 2.45) is 0 Å². The number of H-pyrrole nitrogens is 1. The maximum Gasteiger partial charge on any atom is 0.248 e. The van der Waals surface area contributed by atoms with Gasteiger partial charge in [-0.15, -0.1) is 11.8 Å². The fourth-order valence-electron chi connectivity index (χ4n) is 2.35. The lowest BCUT2D eigenvalue weighted by molar-refractivity contribution is -0.127. The minimum Gasteiger partial charge on any atom is -0.361 e. The van der Waals surface area contributed by atoms with Crippen molar-refractivity contribution in [3.63, 3.8) is 0 Å². The molecular formula is C18H16FN3O2S. The molecule has 0 aliphatic rings. The van der Waals surface area contributed by atoms with Gasteiger partial charge in [0.1, 0.15) is 5.82 Å². The predicted molar refractivity (Wildman–Crippen MR) is 95.4 cm³/mol. The van der Waals surface area contributed by atoms with Crippen LogP contribution in [0.15, 0.2) is 59.6 Å². The average Bonchev–Trinajstić information content (AvgIpc) is 3.02. The van der Waals surface area contributed by atoms with Crippen LogP contribution in [0.3, 0.4) is 0 Å². The van der Waals surface area contributed by atoms with Crippen molar-refractivity contribution < 1.29 is 14.0 Å². The fourth-order valence-corrected chi connectivity index (χ4v) is 3.05. The topological polar surface area (TPSA) is 74.0 Å². The Morgan fingerprint density at radius 3 is 2.52 bits per heavy atom. The molecule has 2 amide bonds. The van der Waals surface area contributed by atoms with Gasteiger partial charge in [-0.05, 0) is 35.9 Å². The Hall–Kier alpha value is -2.80. The van der Waals surface area contributed by atoms with Crippen LogP contribution in [0.2, 0.25) is 0 Å². The molecule has 0 unspecified atom stereocenters. The summed E-state index contributed by atoms with van der Waals surface area (Å²) in [6, 6.07) is 13.6. The Morgan fingerprint density at radius 2 is 1.72 bits per heavy atom. The largest absolute Gasteiger partial charge is 0.361 e. The van der Waals surface area contributed by atoms with E-state index in [1.54, 1.807) is 18.3 Å². The number of hydrogen-bond acceptors (Lipinski definition) is 3. The van der Waals surface area contributed by atoms with Gasteiger partial charge in [-0.3, -0.25) is 20.4 Å². The number of hydrogen-bond donors (Lipinski definition) is 3. The molecule has 1 aromatic heterocycles. The van der Waals surface area contributed by atoms with Gasteiger partial charge in [-0.2, -0.15) is 0 Å². The minimum atomic E-state index is -0.332. The lowest BCUT2D eigenvalue weighted by Gasteiger charge is -2.07. The van der Waals surface area contributed by atoms with Crippen molar-refractivity contribution in [1.29, 1.82) is 0 Å². The number of carbonyl (C=O) groups is 2. The molecule has 128 valence electrons. The molecule has 0 bridgehead atoms. The number of fused-ring (bicyclic) bond motifs is 1. The third-order valence-electron chi connectivity index (χ3n) is 3.55. The summed E-state index contributed by atoms with van der Waals surface area (Å²) in [6.07, 6.45) is 1.95. The lowest BCUT2D eigenvalue weighted by atomic mass is 10.1. The quantitative estimate of drug-likeness (QED) is 0.486. The van der Waals surface area contributed by atoms with Gasteiger partial charge < -0.3 is 4.98 Å². The summed E-state index contributed by atoms with van der Waals surface area (Å²) >= 11 is 1.26. The van der Waals surface area contributed by atoms with Gasteiger partial charge in [0, 0.05) is 22.0 Å². The van der Waals surface area contributed by atoms with Crippen LogP contribution in [-0.4, -0.2) is 22.6 Å². The number of para-hydroxylation sites is 1. The van der Waals surface area contributed by atoms with Crippen LogP contribution in [0.5, 0.6) is 0 Å². The summed E-state index contributed by atoms with van der Waals surface area (Å²) in [5.74, 6) is -0.830. The Morgan fingerprint density at radius 1 is 1.00 bits per heavy atom. The molecular weight excluding hydrogens is 341 g/mol. The van der Waals surface area contributed by atoms with Crippen LogP contribution in [-0.2, 0) is 16.0 Å². The number of halogens is 1. The van der Waals surface area contributed by atoms with E-state index in [9.17, 15) is 14.0 Å². The van der Waals surface area contributed by atoms with Crippen LogP contribution in [0, 0.1) is 5.82 Å². The van der Waals surface area contributed by atoms with Crippen molar-refractivity contribution in [3.05, 3.63) is 66.1 Å². The first-order chi connectivity index (χ1) is 12.1. The van der Waals surface area contributed by atoms with E-state index >= 15 is 0 Å². The molecule has 5 nitrogen and oxygen atoms in total. The highest BCUT2D eigenvalue weighted by Crippen LogP contribution is 2.18. The van der Waals surface area contributed by atoms with E-state index < -0.39 is 0 Å². The average molecular weight is 357 g/mol. The van der Waals surface area contributed by atoms with Gasteiger partial charge in [0.05, 0.1) is 12.2 Å². The van der Waals surface area contributed by atoms with Crippen LogP contribution < -0.4 is 10.9 Å². The second kappa shape index (κ2) is 7.85. The normalized spacial score (nSPS) is 10.6. The maximum atomic E-state index is 12.8. The molecule has 25 heavy (non-hydrogen) atoms. The molecule has 0 saturated heterocycles. The summed E-state index contributed by atoms with van der Waals surface area (Å²) in [4.78, 5) is 27.6. The minimum absolute atomic E-state index is 0.124. The van der Waals surface area contributed by atoms with E-state index in [1.165, 1.54) is 23.9 Å². The molecule has 0 aliphatic carbocycles. The zero-order chi connectivity index (χ0) is 17.6.